The Hall–Kier alpha value is -1.10. The van der Waals surface area contributed by atoms with Gasteiger partial charge in [0.2, 0.25) is 0 Å². The van der Waals surface area contributed by atoms with Gasteiger partial charge in [-0.15, -0.1) is 0 Å². The first-order valence-corrected chi connectivity index (χ1v) is 5.67. The molecule has 0 saturated heterocycles. The maximum absolute atomic E-state index is 10.5. The summed E-state index contributed by atoms with van der Waals surface area (Å²) in [5.74, 6) is -0.860. The maximum atomic E-state index is 10.5. The molecule has 0 aromatic heterocycles. The van der Waals surface area contributed by atoms with Gasteiger partial charge in [-0.3, -0.25) is 4.79 Å². The van der Waals surface area contributed by atoms with Crippen molar-refractivity contribution in [2.75, 3.05) is 7.11 Å². The Bertz CT molecular complexity index is 395. The van der Waals surface area contributed by atoms with E-state index in [1.807, 2.05) is 12.1 Å². The Morgan fingerprint density at radius 1 is 1.59 bits per heavy atom. The molecule has 0 bridgehead atoms. The minimum absolute atomic E-state index is 0.0266. The Balaban J connectivity index is 2.89. The van der Waals surface area contributed by atoms with Crippen molar-refractivity contribution in [2.45, 2.75) is 25.5 Å². The van der Waals surface area contributed by atoms with Crippen LogP contribution in [0.4, 0.5) is 0 Å². The smallest absolute Gasteiger partial charge is 0.303 e. The molecule has 0 fully saturated rings. The Labute approximate surface area is 105 Å². The largest absolute Gasteiger partial charge is 0.481 e. The van der Waals surface area contributed by atoms with Gasteiger partial charge in [0.25, 0.3) is 0 Å². The predicted octanol–water partition coefficient (Wildman–Crippen LogP) is 2.35. The van der Waals surface area contributed by atoms with Crippen LogP contribution in [-0.2, 0) is 16.1 Å². The van der Waals surface area contributed by atoms with Gasteiger partial charge in [0.1, 0.15) is 0 Å². The van der Waals surface area contributed by atoms with Crippen LogP contribution in [0.3, 0.4) is 0 Å². The fourth-order valence-corrected chi connectivity index (χ4v) is 2.04. The summed E-state index contributed by atoms with van der Waals surface area (Å²) in [4.78, 5) is 10.5. The summed E-state index contributed by atoms with van der Waals surface area (Å²) in [6.45, 7) is 0.413. The van der Waals surface area contributed by atoms with E-state index < -0.39 is 5.97 Å². The molecule has 1 aromatic rings. The Kier molecular flexibility index (Phi) is 5.41. The molecule has 0 heterocycles. The molecule has 0 aliphatic carbocycles. The molecule has 0 radical (unpaired) electrons. The molecule has 1 rings (SSSR count). The van der Waals surface area contributed by atoms with E-state index in [4.69, 9.17) is 27.2 Å². The average Bonchev–Trinajstić information content (AvgIpc) is 2.26. The molecule has 3 N–H and O–H groups in total. The number of halogens is 1. The summed E-state index contributed by atoms with van der Waals surface area (Å²) < 4.78 is 5.07. The van der Waals surface area contributed by atoms with Crippen LogP contribution in [0, 0.1) is 0 Å². The average molecular weight is 258 g/mol. The summed E-state index contributed by atoms with van der Waals surface area (Å²) in [5.41, 5.74) is 7.65. The van der Waals surface area contributed by atoms with Gasteiger partial charge < -0.3 is 15.6 Å². The van der Waals surface area contributed by atoms with Crippen molar-refractivity contribution in [3.8, 4) is 0 Å². The number of carboxylic acid groups (broad SMARTS) is 1. The number of aliphatic carboxylic acids is 1. The molecule has 1 atom stereocenters. The molecular formula is C12H16ClNO3. The molecule has 5 heteroatoms. The second-order valence-corrected chi connectivity index (χ2v) is 4.19. The zero-order chi connectivity index (χ0) is 12.8. The lowest BCUT2D eigenvalue weighted by Crippen LogP contribution is -2.15. The molecule has 1 aromatic carbocycles. The quantitative estimate of drug-likeness (QED) is 0.821. The van der Waals surface area contributed by atoms with Crippen molar-refractivity contribution in [2.24, 2.45) is 5.73 Å². The molecule has 17 heavy (non-hydrogen) atoms. The van der Waals surface area contributed by atoms with E-state index in [1.165, 1.54) is 0 Å². The van der Waals surface area contributed by atoms with Crippen LogP contribution < -0.4 is 5.73 Å². The summed E-state index contributed by atoms with van der Waals surface area (Å²) in [6, 6.07) is 5.07. The summed E-state index contributed by atoms with van der Waals surface area (Å²) in [7, 11) is 1.59. The van der Waals surface area contributed by atoms with E-state index in [9.17, 15) is 4.79 Å². The topological polar surface area (TPSA) is 72.5 Å². The number of benzene rings is 1. The zero-order valence-electron chi connectivity index (χ0n) is 9.65. The zero-order valence-corrected chi connectivity index (χ0v) is 10.4. The van der Waals surface area contributed by atoms with Gasteiger partial charge >= 0.3 is 5.97 Å². The van der Waals surface area contributed by atoms with E-state index in [2.05, 4.69) is 0 Å². The SMILES string of the molecule is COCc1cccc(Cl)c1C(N)CCC(=O)O. The lowest BCUT2D eigenvalue weighted by atomic mass is 9.97. The van der Waals surface area contributed by atoms with Gasteiger partial charge in [-0.25, -0.2) is 0 Å². The van der Waals surface area contributed by atoms with Crippen LogP contribution >= 0.6 is 11.6 Å². The van der Waals surface area contributed by atoms with Gasteiger partial charge in [-0.1, -0.05) is 23.7 Å². The normalized spacial score (nSPS) is 12.4. The molecular weight excluding hydrogens is 242 g/mol. The first-order valence-electron chi connectivity index (χ1n) is 5.30. The summed E-state index contributed by atoms with van der Waals surface area (Å²) in [6.07, 6.45) is 0.384. The van der Waals surface area contributed by atoms with E-state index in [0.29, 0.717) is 18.1 Å². The van der Waals surface area contributed by atoms with Crippen molar-refractivity contribution in [1.29, 1.82) is 0 Å². The standard InChI is InChI=1S/C12H16ClNO3/c1-17-7-8-3-2-4-9(13)12(8)10(14)5-6-11(15)16/h2-4,10H,5-7,14H2,1H3,(H,15,16). The lowest BCUT2D eigenvalue weighted by Gasteiger charge is -2.17. The molecule has 0 saturated carbocycles. The number of nitrogens with two attached hydrogens (primary N) is 1. The highest BCUT2D eigenvalue weighted by molar-refractivity contribution is 6.31. The van der Waals surface area contributed by atoms with Crippen LogP contribution in [0.25, 0.3) is 0 Å². The highest BCUT2D eigenvalue weighted by Gasteiger charge is 2.15. The number of carbonyl (C=O) groups is 1. The first-order chi connectivity index (χ1) is 8.06. The molecule has 0 spiro atoms. The van der Waals surface area contributed by atoms with Crippen LogP contribution in [-0.4, -0.2) is 18.2 Å². The number of hydrogen-bond donors (Lipinski definition) is 2. The van der Waals surface area contributed by atoms with Crippen molar-refractivity contribution >= 4 is 17.6 Å². The van der Waals surface area contributed by atoms with Crippen LogP contribution in [0.1, 0.15) is 30.0 Å². The fourth-order valence-electron chi connectivity index (χ4n) is 1.70. The second-order valence-electron chi connectivity index (χ2n) is 3.78. The monoisotopic (exact) mass is 257 g/mol. The number of methoxy groups -OCH3 is 1. The Morgan fingerprint density at radius 3 is 2.88 bits per heavy atom. The van der Waals surface area contributed by atoms with Crippen molar-refractivity contribution in [3.63, 3.8) is 0 Å². The summed E-state index contributed by atoms with van der Waals surface area (Å²) >= 11 is 6.09. The highest BCUT2D eigenvalue weighted by Crippen LogP contribution is 2.28. The molecule has 0 aliphatic rings. The molecule has 4 nitrogen and oxygen atoms in total. The molecule has 0 aliphatic heterocycles. The predicted molar refractivity (Wildman–Crippen MR) is 66.0 cm³/mol. The third-order valence-corrected chi connectivity index (χ3v) is 2.81. The van der Waals surface area contributed by atoms with Crippen molar-refractivity contribution in [3.05, 3.63) is 34.3 Å². The van der Waals surface area contributed by atoms with E-state index in [1.54, 1.807) is 13.2 Å². The molecule has 94 valence electrons. The number of hydrogen-bond acceptors (Lipinski definition) is 3. The van der Waals surface area contributed by atoms with Crippen molar-refractivity contribution in [1.82, 2.24) is 0 Å². The van der Waals surface area contributed by atoms with Gasteiger partial charge in [0.15, 0.2) is 0 Å². The van der Waals surface area contributed by atoms with E-state index >= 15 is 0 Å². The molecule has 1 unspecified atom stereocenters. The second kappa shape index (κ2) is 6.59. The van der Waals surface area contributed by atoms with Gasteiger partial charge in [-0.2, -0.15) is 0 Å². The lowest BCUT2D eigenvalue weighted by molar-refractivity contribution is -0.137. The third-order valence-electron chi connectivity index (χ3n) is 2.48. The first kappa shape index (κ1) is 14.0. The van der Waals surface area contributed by atoms with E-state index in [0.717, 1.165) is 11.1 Å². The minimum Gasteiger partial charge on any atom is -0.481 e. The van der Waals surface area contributed by atoms with Crippen LogP contribution in [0.2, 0.25) is 5.02 Å². The van der Waals surface area contributed by atoms with Gasteiger partial charge in [-0.05, 0) is 23.6 Å². The fraction of sp³-hybridized carbons (Fsp3) is 0.417. The van der Waals surface area contributed by atoms with Crippen molar-refractivity contribution < 1.29 is 14.6 Å². The number of ether oxygens (including phenoxy) is 1. The highest BCUT2D eigenvalue weighted by atomic mass is 35.5. The summed E-state index contributed by atoms with van der Waals surface area (Å²) in [5, 5.41) is 9.19. The van der Waals surface area contributed by atoms with Gasteiger partial charge in [0.05, 0.1) is 6.61 Å². The number of rotatable bonds is 6. The van der Waals surface area contributed by atoms with E-state index in [-0.39, 0.29) is 12.5 Å². The maximum Gasteiger partial charge on any atom is 0.303 e. The number of carboxylic acids is 1. The minimum atomic E-state index is -0.860. The molecule has 0 amide bonds. The third kappa shape index (κ3) is 4.00. The Morgan fingerprint density at radius 2 is 2.29 bits per heavy atom. The van der Waals surface area contributed by atoms with Crippen LogP contribution in [0.15, 0.2) is 18.2 Å². The van der Waals surface area contributed by atoms with Crippen LogP contribution in [0.5, 0.6) is 0 Å². The van der Waals surface area contributed by atoms with Gasteiger partial charge in [0, 0.05) is 24.6 Å².